The predicted octanol–water partition coefficient (Wildman–Crippen LogP) is 6.18. The number of methoxy groups -OCH3 is 1. The number of hydrogen-bond donors (Lipinski definition) is 1. The molecule has 0 saturated heterocycles. The zero-order valence-corrected chi connectivity index (χ0v) is 21.7. The van der Waals surface area contributed by atoms with Crippen molar-refractivity contribution in [1.82, 2.24) is 14.9 Å². The van der Waals surface area contributed by atoms with Crippen LogP contribution in [0.25, 0.3) is 17.1 Å². The van der Waals surface area contributed by atoms with Gasteiger partial charge in [0.05, 0.1) is 24.8 Å². The van der Waals surface area contributed by atoms with E-state index in [4.69, 9.17) is 14.5 Å². The average Bonchev–Trinajstić information content (AvgIpc) is 3.26. The molecule has 0 radical (unpaired) electrons. The smallest absolute Gasteiger partial charge is 0.223 e. The number of fused-ring (bicyclic) bond motifs is 1. The van der Waals surface area contributed by atoms with Crippen molar-refractivity contribution < 1.29 is 14.3 Å². The molecule has 6 nitrogen and oxygen atoms in total. The highest BCUT2D eigenvalue weighted by Crippen LogP contribution is 2.29. The van der Waals surface area contributed by atoms with Gasteiger partial charge >= 0.3 is 0 Å². The van der Waals surface area contributed by atoms with E-state index in [2.05, 4.69) is 28.1 Å². The number of imidazole rings is 1. The molecule has 1 aromatic heterocycles. The number of nitrogens with zero attached hydrogens (tertiary/aromatic N) is 2. The van der Waals surface area contributed by atoms with Crippen LogP contribution in [0, 0.1) is 5.92 Å². The van der Waals surface area contributed by atoms with Crippen LogP contribution in [-0.2, 0) is 17.8 Å². The maximum atomic E-state index is 12.5. The highest BCUT2D eigenvalue weighted by Gasteiger charge is 2.20. The Morgan fingerprint density at radius 3 is 2.75 bits per heavy atom. The van der Waals surface area contributed by atoms with E-state index in [1.165, 1.54) is 19.3 Å². The van der Waals surface area contributed by atoms with Gasteiger partial charge in [-0.3, -0.25) is 4.79 Å². The number of hydrogen-bond acceptors (Lipinski definition) is 4. The first-order valence-corrected chi connectivity index (χ1v) is 13.3. The van der Waals surface area contributed by atoms with Gasteiger partial charge in [-0.25, -0.2) is 4.98 Å². The minimum absolute atomic E-state index is 0.190. The summed E-state index contributed by atoms with van der Waals surface area (Å²) < 4.78 is 13.8. The van der Waals surface area contributed by atoms with E-state index in [0.29, 0.717) is 13.2 Å². The first-order valence-electron chi connectivity index (χ1n) is 13.3. The molecule has 0 atom stereocenters. The van der Waals surface area contributed by atoms with Crippen molar-refractivity contribution in [3.8, 4) is 11.5 Å². The van der Waals surface area contributed by atoms with Crippen molar-refractivity contribution in [2.75, 3.05) is 20.3 Å². The molecule has 36 heavy (non-hydrogen) atoms. The predicted molar refractivity (Wildman–Crippen MR) is 145 cm³/mol. The lowest BCUT2D eigenvalue weighted by Crippen LogP contribution is -2.33. The van der Waals surface area contributed by atoms with Crippen LogP contribution >= 0.6 is 0 Å². The van der Waals surface area contributed by atoms with E-state index in [1.807, 2.05) is 43.3 Å². The molecule has 1 aliphatic rings. The quantitative estimate of drug-likeness (QED) is 0.309. The SMILES string of the molecule is C/C=C/c1ccc(OCCCCn2c(CCNC(=O)C3CCCCC3)nc3ccccc32)c(OC)c1. The number of carbonyl (C=O) groups excluding carboxylic acids is 1. The Balaban J connectivity index is 1.30. The van der Waals surface area contributed by atoms with Crippen LogP contribution in [0.1, 0.15) is 63.3 Å². The van der Waals surface area contributed by atoms with Crippen molar-refractivity contribution in [2.45, 2.75) is 64.8 Å². The zero-order chi connectivity index (χ0) is 25.2. The molecule has 192 valence electrons. The molecule has 1 aliphatic carbocycles. The second kappa shape index (κ2) is 13.1. The van der Waals surface area contributed by atoms with Crippen molar-refractivity contribution >= 4 is 23.0 Å². The Hall–Kier alpha value is -3.28. The summed E-state index contributed by atoms with van der Waals surface area (Å²) in [7, 11) is 1.67. The fourth-order valence-corrected chi connectivity index (χ4v) is 5.03. The minimum Gasteiger partial charge on any atom is -0.493 e. The molecule has 1 heterocycles. The summed E-state index contributed by atoms with van der Waals surface area (Å²) in [4.78, 5) is 17.4. The Kier molecular flexibility index (Phi) is 9.42. The topological polar surface area (TPSA) is 65.4 Å². The molecule has 0 aliphatic heterocycles. The van der Waals surface area contributed by atoms with Crippen LogP contribution < -0.4 is 14.8 Å². The number of aryl methyl sites for hydroxylation is 1. The van der Waals surface area contributed by atoms with Crippen LogP contribution in [0.3, 0.4) is 0 Å². The summed E-state index contributed by atoms with van der Waals surface area (Å²) in [5, 5.41) is 3.16. The molecule has 1 N–H and O–H groups in total. The number of aromatic nitrogens is 2. The molecule has 0 bridgehead atoms. The lowest BCUT2D eigenvalue weighted by molar-refractivity contribution is -0.125. The van der Waals surface area contributed by atoms with E-state index in [9.17, 15) is 4.79 Å². The van der Waals surface area contributed by atoms with Crippen molar-refractivity contribution in [1.29, 1.82) is 0 Å². The normalized spacial score (nSPS) is 14.4. The molecular formula is C30H39N3O3. The number of para-hydroxylation sites is 2. The van der Waals surface area contributed by atoms with Gasteiger partial charge in [-0.1, -0.05) is 49.6 Å². The Bertz CT molecular complexity index is 1160. The number of ether oxygens (including phenoxy) is 2. The Morgan fingerprint density at radius 2 is 1.94 bits per heavy atom. The summed E-state index contributed by atoms with van der Waals surface area (Å²) >= 11 is 0. The lowest BCUT2D eigenvalue weighted by atomic mass is 9.89. The first kappa shape index (κ1) is 25.8. The van der Waals surface area contributed by atoms with Gasteiger partial charge < -0.3 is 19.4 Å². The molecule has 4 rings (SSSR count). The van der Waals surface area contributed by atoms with E-state index in [0.717, 1.165) is 72.6 Å². The Labute approximate surface area is 214 Å². The zero-order valence-electron chi connectivity index (χ0n) is 21.7. The van der Waals surface area contributed by atoms with Gasteiger partial charge in [-0.05, 0) is 62.4 Å². The van der Waals surface area contributed by atoms with Crippen molar-refractivity contribution in [2.24, 2.45) is 5.92 Å². The second-order valence-corrected chi connectivity index (χ2v) is 9.51. The standard InChI is InChI=1S/C30H39N3O3/c1-3-11-23-16-17-27(28(22-23)35-2)36-21-10-9-20-33-26-15-8-7-14-25(26)32-29(33)18-19-31-30(34)24-12-5-4-6-13-24/h3,7-8,11,14-17,22,24H,4-6,9-10,12-13,18-21H2,1-2H3,(H,31,34)/b11-3+. The van der Waals surface area contributed by atoms with Gasteiger partial charge in [0.15, 0.2) is 11.5 Å². The Morgan fingerprint density at radius 1 is 1.11 bits per heavy atom. The minimum atomic E-state index is 0.190. The second-order valence-electron chi connectivity index (χ2n) is 9.51. The number of rotatable bonds is 12. The van der Waals surface area contributed by atoms with E-state index in [1.54, 1.807) is 7.11 Å². The molecule has 0 spiro atoms. The monoisotopic (exact) mass is 489 g/mol. The lowest BCUT2D eigenvalue weighted by Gasteiger charge is -2.20. The fraction of sp³-hybridized carbons (Fsp3) is 0.467. The number of unbranched alkanes of at least 4 members (excludes halogenated alkanes) is 1. The maximum Gasteiger partial charge on any atom is 0.223 e. The molecule has 1 amide bonds. The van der Waals surface area contributed by atoms with Crippen LogP contribution in [0.5, 0.6) is 11.5 Å². The number of nitrogens with one attached hydrogen (secondary N) is 1. The molecule has 1 saturated carbocycles. The molecule has 3 aromatic rings. The van der Waals surface area contributed by atoms with E-state index in [-0.39, 0.29) is 11.8 Å². The molecule has 0 unspecified atom stereocenters. The molecule has 2 aromatic carbocycles. The third kappa shape index (κ3) is 6.68. The van der Waals surface area contributed by atoms with Gasteiger partial charge in [0.2, 0.25) is 5.91 Å². The number of allylic oxidation sites excluding steroid dienone is 1. The summed E-state index contributed by atoms with van der Waals surface area (Å²) in [6.07, 6.45) is 12.3. The third-order valence-electron chi connectivity index (χ3n) is 6.94. The van der Waals surface area contributed by atoms with Gasteiger partial charge in [0.25, 0.3) is 0 Å². The number of carbonyl (C=O) groups is 1. The first-order chi connectivity index (χ1) is 17.7. The summed E-state index contributed by atoms with van der Waals surface area (Å²) in [6.45, 7) is 4.12. The van der Waals surface area contributed by atoms with Crippen LogP contribution in [0.2, 0.25) is 0 Å². The summed E-state index contributed by atoms with van der Waals surface area (Å²) in [5.74, 6) is 2.96. The summed E-state index contributed by atoms with van der Waals surface area (Å²) in [6, 6.07) is 14.3. The van der Waals surface area contributed by atoms with Gasteiger partial charge in [0.1, 0.15) is 5.82 Å². The van der Waals surface area contributed by atoms with E-state index < -0.39 is 0 Å². The van der Waals surface area contributed by atoms with Gasteiger partial charge in [-0.2, -0.15) is 0 Å². The average molecular weight is 490 g/mol. The fourth-order valence-electron chi connectivity index (χ4n) is 5.03. The van der Waals surface area contributed by atoms with Crippen LogP contribution in [-0.4, -0.2) is 35.7 Å². The van der Waals surface area contributed by atoms with Crippen molar-refractivity contribution in [3.63, 3.8) is 0 Å². The van der Waals surface area contributed by atoms with Gasteiger partial charge in [-0.15, -0.1) is 0 Å². The molecular weight excluding hydrogens is 450 g/mol. The highest BCUT2D eigenvalue weighted by atomic mass is 16.5. The van der Waals surface area contributed by atoms with Crippen LogP contribution in [0.15, 0.2) is 48.5 Å². The highest BCUT2D eigenvalue weighted by molar-refractivity contribution is 5.79. The molecule has 1 fully saturated rings. The maximum absolute atomic E-state index is 12.5. The third-order valence-corrected chi connectivity index (χ3v) is 6.94. The largest absolute Gasteiger partial charge is 0.493 e. The van der Waals surface area contributed by atoms with Crippen LogP contribution in [0.4, 0.5) is 0 Å². The van der Waals surface area contributed by atoms with Crippen molar-refractivity contribution in [3.05, 3.63) is 59.9 Å². The van der Waals surface area contributed by atoms with E-state index >= 15 is 0 Å². The van der Waals surface area contributed by atoms with Gasteiger partial charge in [0, 0.05) is 25.4 Å². The summed E-state index contributed by atoms with van der Waals surface area (Å²) in [5.41, 5.74) is 3.25. The molecule has 6 heteroatoms. The number of amides is 1. The number of benzene rings is 2.